The van der Waals surface area contributed by atoms with Crippen molar-refractivity contribution >= 4 is 16.8 Å². The molecule has 0 aliphatic rings. The number of ether oxygens (including phenoxy) is 1. The van der Waals surface area contributed by atoms with Crippen LogP contribution in [0.1, 0.15) is 6.92 Å². The Bertz CT molecular complexity index is 437. The summed E-state index contributed by atoms with van der Waals surface area (Å²) in [5, 5.41) is 3.20. The summed E-state index contributed by atoms with van der Waals surface area (Å²) in [6.45, 7) is 2.94. The van der Waals surface area contributed by atoms with Crippen molar-refractivity contribution in [2.45, 2.75) is 6.92 Å². The lowest BCUT2D eigenvalue weighted by Crippen LogP contribution is -1.95. The molecule has 0 saturated carbocycles. The molecular weight excluding hydrogens is 180 g/mol. The first kappa shape index (κ1) is 8.87. The van der Waals surface area contributed by atoms with Crippen molar-refractivity contribution in [2.75, 3.05) is 19.0 Å². The van der Waals surface area contributed by atoms with E-state index in [0.29, 0.717) is 6.08 Å². The average Bonchev–Trinajstić information content (AvgIpc) is 2.60. The van der Waals surface area contributed by atoms with E-state index in [1.54, 1.807) is 0 Å². The van der Waals surface area contributed by atoms with Crippen LogP contribution < -0.4 is 10.1 Å². The number of methoxy groups -OCH3 is 1. The van der Waals surface area contributed by atoms with Crippen molar-refractivity contribution < 1.29 is 9.15 Å². The number of hydrogen-bond donors (Lipinski definition) is 1. The highest BCUT2D eigenvalue weighted by Crippen LogP contribution is 2.23. The van der Waals surface area contributed by atoms with Crippen molar-refractivity contribution in [1.29, 1.82) is 0 Å². The molecule has 0 aliphatic carbocycles. The van der Waals surface area contributed by atoms with E-state index in [4.69, 9.17) is 9.15 Å². The molecule has 14 heavy (non-hydrogen) atoms. The van der Waals surface area contributed by atoms with Crippen molar-refractivity contribution in [1.82, 2.24) is 4.98 Å². The molecule has 0 fully saturated rings. The van der Waals surface area contributed by atoms with Gasteiger partial charge in [-0.1, -0.05) is 0 Å². The summed E-state index contributed by atoms with van der Waals surface area (Å²) in [6, 6.07) is 5.77. The molecule has 1 aromatic carbocycles. The predicted octanol–water partition coefficient (Wildman–Crippen LogP) is 2.27. The summed E-state index contributed by atoms with van der Waals surface area (Å²) >= 11 is 0. The summed E-state index contributed by atoms with van der Waals surface area (Å²) in [5.74, 6) is 0. The molecule has 4 nitrogen and oxygen atoms in total. The Morgan fingerprint density at radius 2 is 2.36 bits per heavy atom. The molecule has 2 aromatic rings. The molecule has 0 amide bonds. The second-order valence-electron chi connectivity index (χ2n) is 2.90. The van der Waals surface area contributed by atoms with E-state index in [-0.39, 0.29) is 0 Å². The highest BCUT2D eigenvalue weighted by Gasteiger charge is 2.05. The molecule has 0 bridgehead atoms. The van der Waals surface area contributed by atoms with Gasteiger partial charge in [0.15, 0.2) is 5.58 Å². The lowest BCUT2D eigenvalue weighted by atomic mass is 10.3. The van der Waals surface area contributed by atoms with Gasteiger partial charge in [-0.15, -0.1) is 0 Å². The first-order valence-corrected chi connectivity index (χ1v) is 4.52. The van der Waals surface area contributed by atoms with E-state index in [1.807, 2.05) is 25.1 Å². The fraction of sp³-hybridized carbons (Fsp3) is 0.300. The number of nitrogens with one attached hydrogen (secondary N) is 1. The van der Waals surface area contributed by atoms with Crippen molar-refractivity contribution in [3.8, 4) is 6.08 Å². The van der Waals surface area contributed by atoms with Crippen molar-refractivity contribution in [3.63, 3.8) is 0 Å². The van der Waals surface area contributed by atoms with E-state index in [2.05, 4.69) is 10.3 Å². The maximum Gasteiger partial charge on any atom is 0.394 e. The smallest absolute Gasteiger partial charge is 0.394 e. The zero-order chi connectivity index (χ0) is 9.97. The lowest BCUT2D eigenvalue weighted by Gasteiger charge is -2.00. The number of oxazole rings is 1. The molecule has 0 saturated heterocycles. The number of aromatic nitrogens is 1. The van der Waals surface area contributed by atoms with Crippen LogP contribution in [-0.4, -0.2) is 18.6 Å². The molecule has 0 aliphatic heterocycles. The summed E-state index contributed by atoms with van der Waals surface area (Å²) < 4.78 is 10.2. The minimum atomic E-state index is 0.300. The van der Waals surface area contributed by atoms with Gasteiger partial charge in [0.1, 0.15) is 5.52 Å². The molecule has 4 heteroatoms. The SMILES string of the molecule is CCNc1ccc2oc(OC)nc2c1. The Kier molecular flexibility index (Phi) is 2.26. The maximum absolute atomic E-state index is 5.29. The van der Waals surface area contributed by atoms with Gasteiger partial charge in [-0.25, -0.2) is 0 Å². The zero-order valence-corrected chi connectivity index (χ0v) is 8.20. The van der Waals surface area contributed by atoms with Crippen LogP contribution in [0.25, 0.3) is 11.1 Å². The minimum Gasteiger partial charge on any atom is -0.453 e. The topological polar surface area (TPSA) is 47.3 Å². The number of anilines is 1. The van der Waals surface area contributed by atoms with E-state index in [1.165, 1.54) is 7.11 Å². The fourth-order valence-corrected chi connectivity index (χ4v) is 1.31. The molecule has 0 spiro atoms. The Hall–Kier alpha value is -1.71. The van der Waals surface area contributed by atoms with Crippen LogP contribution in [-0.2, 0) is 0 Å². The predicted molar refractivity (Wildman–Crippen MR) is 54.7 cm³/mol. The Labute approximate surface area is 81.9 Å². The van der Waals surface area contributed by atoms with Crippen LogP contribution >= 0.6 is 0 Å². The van der Waals surface area contributed by atoms with Crippen LogP contribution in [0.5, 0.6) is 6.08 Å². The van der Waals surface area contributed by atoms with Crippen LogP contribution in [0.2, 0.25) is 0 Å². The molecule has 1 N–H and O–H groups in total. The third kappa shape index (κ3) is 1.51. The Morgan fingerprint density at radius 3 is 3.07 bits per heavy atom. The normalized spacial score (nSPS) is 10.4. The second-order valence-corrected chi connectivity index (χ2v) is 2.90. The quantitative estimate of drug-likeness (QED) is 0.810. The van der Waals surface area contributed by atoms with Gasteiger partial charge in [0.25, 0.3) is 0 Å². The third-order valence-electron chi connectivity index (χ3n) is 1.92. The van der Waals surface area contributed by atoms with Crippen LogP contribution in [0, 0.1) is 0 Å². The number of fused-ring (bicyclic) bond motifs is 1. The largest absolute Gasteiger partial charge is 0.453 e. The van der Waals surface area contributed by atoms with Crippen LogP contribution in [0.15, 0.2) is 22.6 Å². The van der Waals surface area contributed by atoms with E-state index in [0.717, 1.165) is 23.3 Å². The fourth-order valence-electron chi connectivity index (χ4n) is 1.31. The molecule has 2 rings (SSSR count). The monoisotopic (exact) mass is 192 g/mol. The first-order valence-electron chi connectivity index (χ1n) is 4.52. The summed E-state index contributed by atoms with van der Waals surface area (Å²) in [6.07, 6.45) is 0.300. The number of benzene rings is 1. The molecular formula is C10H12N2O2. The average molecular weight is 192 g/mol. The number of nitrogens with zero attached hydrogens (tertiary/aromatic N) is 1. The van der Waals surface area contributed by atoms with E-state index in [9.17, 15) is 0 Å². The number of hydrogen-bond acceptors (Lipinski definition) is 4. The van der Waals surface area contributed by atoms with Gasteiger partial charge < -0.3 is 14.5 Å². The number of rotatable bonds is 3. The van der Waals surface area contributed by atoms with Gasteiger partial charge in [0.2, 0.25) is 0 Å². The van der Waals surface area contributed by atoms with E-state index < -0.39 is 0 Å². The standard InChI is InChI=1S/C10H12N2O2/c1-3-11-7-4-5-9-8(6-7)12-10(13-2)14-9/h4-6,11H,3H2,1-2H3. The summed E-state index contributed by atoms with van der Waals surface area (Å²) in [7, 11) is 1.54. The van der Waals surface area contributed by atoms with Gasteiger partial charge in [0.05, 0.1) is 7.11 Å². The van der Waals surface area contributed by atoms with Crippen molar-refractivity contribution in [2.24, 2.45) is 0 Å². The first-order chi connectivity index (χ1) is 6.83. The van der Waals surface area contributed by atoms with Gasteiger partial charge >= 0.3 is 6.08 Å². The van der Waals surface area contributed by atoms with Gasteiger partial charge in [-0.2, -0.15) is 4.98 Å². The molecule has 0 unspecified atom stereocenters. The van der Waals surface area contributed by atoms with Gasteiger partial charge in [-0.3, -0.25) is 0 Å². The molecule has 0 atom stereocenters. The Morgan fingerprint density at radius 1 is 1.50 bits per heavy atom. The third-order valence-corrected chi connectivity index (χ3v) is 1.92. The highest BCUT2D eigenvalue weighted by molar-refractivity contribution is 5.77. The molecule has 0 radical (unpaired) electrons. The van der Waals surface area contributed by atoms with Gasteiger partial charge in [0, 0.05) is 12.2 Å². The van der Waals surface area contributed by atoms with Crippen LogP contribution in [0.3, 0.4) is 0 Å². The molecule has 1 heterocycles. The highest BCUT2D eigenvalue weighted by atomic mass is 16.6. The summed E-state index contributed by atoms with van der Waals surface area (Å²) in [5.41, 5.74) is 2.58. The van der Waals surface area contributed by atoms with E-state index >= 15 is 0 Å². The Balaban J connectivity index is 2.43. The molecule has 1 aromatic heterocycles. The van der Waals surface area contributed by atoms with Crippen LogP contribution in [0.4, 0.5) is 5.69 Å². The second kappa shape index (κ2) is 3.57. The summed E-state index contributed by atoms with van der Waals surface area (Å²) in [4.78, 5) is 4.15. The molecule has 74 valence electrons. The zero-order valence-electron chi connectivity index (χ0n) is 8.20. The minimum absolute atomic E-state index is 0.300. The maximum atomic E-state index is 5.29. The van der Waals surface area contributed by atoms with Gasteiger partial charge in [-0.05, 0) is 25.1 Å². The van der Waals surface area contributed by atoms with Crippen molar-refractivity contribution in [3.05, 3.63) is 18.2 Å². The lowest BCUT2D eigenvalue weighted by molar-refractivity contribution is 0.299.